The number of rotatable bonds is 6. The summed E-state index contributed by atoms with van der Waals surface area (Å²) in [5, 5.41) is 15.9. The van der Waals surface area contributed by atoms with Gasteiger partial charge in [-0.05, 0) is 18.1 Å². The topological polar surface area (TPSA) is 93.5 Å². The van der Waals surface area contributed by atoms with Gasteiger partial charge < -0.3 is 15.2 Å². The van der Waals surface area contributed by atoms with Gasteiger partial charge in [-0.1, -0.05) is 32.0 Å². The first-order chi connectivity index (χ1) is 10.9. The van der Waals surface area contributed by atoms with Crippen LogP contribution in [0, 0.1) is 5.92 Å². The molecule has 0 unspecified atom stereocenters. The van der Waals surface area contributed by atoms with Crippen molar-refractivity contribution in [1.29, 1.82) is 0 Å². The van der Waals surface area contributed by atoms with Crippen LogP contribution in [-0.2, 0) is 4.79 Å². The fourth-order valence-corrected chi connectivity index (χ4v) is 2.10. The van der Waals surface area contributed by atoms with E-state index in [4.69, 9.17) is 4.74 Å². The average molecular weight is 317 g/mol. The van der Waals surface area contributed by atoms with E-state index in [1.54, 1.807) is 20.0 Å². The Morgan fingerprint density at radius 2 is 1.91 bits per heavy atom. The molecule has 2 N–H and O–H groups in total. The van der Waals surface area contributed by atoms with E-state index in [0.717, 1.165) is 5.69 Å². The minimum absolute atomic E-state index is 0.0447. The lowest BCUT2D eigenvalue weighted by atomic mass is 10.0. The summed E-state index contributed by atoms with van der Waals surface area (Å²) in [6.45, 7) is 3.44. The van der Waals surface area contributed by atoms with Crippen molar-refractivity contribution < 1.29 is 19.4 Å². The second-order valence-corrected chi connectivity index (χ2v) is 5.36. The van der Waals surface area contributed by atoms with Gasteiger partial charge in [-0.15, -0.1) is 0 Å². The van der Waals surface area contributed by atoms with Crippen LogP contribution in [-0.4, -0.2) is 39.9 Å². The number of carbonyl (C=O) groups is 2. The molecule has 23 heavy (non-hydrogen) atoms. The monoisotopic (exact) mass is 317 g/mol. The molecule has 2 aromatic rings. The van der Waals surface area contributed by atoms with Crippen LogP contribution >= 0.6 is 0 Å². The molecule has 0 aliphatic carbocycles. The van der Waals surface area contributed by atoms with Gasteiger partial charge in [0.2, 0.25) is 0 Å². The molecular weight excluding hydrogens is 298 g/mol. The maximum atomic E-state index is 12.4. The van der Waals surface area contributed by atoms with Crippen LogP contribution in [0.2, 0.25) is 0 Å². The first-order valence-corrected chi connectivity index (χ1v) is 7.16. The Morgan fingerprint density at radius 3 is 2.43 bits per heavy atom. The number of benzene rings is 1. The summed E-state index contributed by atoms with van der Waals surface area (Å²) in [7, 11) is 1.43. The van der Waals surface area contributed by atoms with Gasteiger partial charge in [-0.3, -0.25) is 4.79 Å². The Hall–Kier alpha value is -2.83. The summed E-state index contributed by atoms with van der Waals surface area (Å²) in [6, 6.07) is 8.25. The van der Waals surface area contributed by atoms with Crippen molar-refractivity contribution in [3.05, 3.63) is 42.2 Å². The Bertz CT molecular complexity index is 695. The highest BCUT2D eigenvalue weighted by molar-refractivity contribution is 5.97. The van der Waals surface area contributed by atoms with E-state index < -0.39 is 17.9 Å². The lowest BCUT2D eigenvalue weighted by molar-refractivity contribution is -0.140. The molecule has 0 bridgehead atoms. The highest BCUT2D eigenvalue weighted by atomic mass is 16.5. The summed E-state index contributed by atoms with van der Waals surface area (Å²) in [5.74, 6) is -1.65. The summed E-state index contributed by atoms with van der Waals surface area (Å²) in [4.78, 5) is 23.6. The van der Waals surface area contributed by atoms with E-state index in [-0.39, 0.29) is 17.4 Å². The number of ether oxygens (including phenoxy) is 1. The summed E-state index contributed by atoms with van der Waals surface area (Å²) < 4.78 is 6.69. The van der Waals surface area contributed by atoms with Crippen LogP contribution in [0.5, 0.6) is 5.75 Å². The van der Waals surface area contributed by atoms with Crippen LogP contribution in [0.25, 0.3) is 5.69 Å². The molecule has 2 rings (SSSR count). The van der Waals surface area contributed by atoms with Gasteiger partial charge >= 0.3 is 5.97 Å². The molecule has 0 saturated heterocycles. The number of carboxylic acids is 1. The molecular formula is C16H19N3O4. The number of aliphatic carboxylic acids is 1. The second kappa shape index (κ2) is 6.95. The molecule has 0 aliphatic rings. The minimum Gasteiger partial charge on any atom is -0.493 e. The maximum absolute atomic E-state index is 12.4. The van der Waals surface area contributed by atoms with Gasteiger partial charge in [-0.25, -0.2) is 9.48 Å². The van der Waals surface area contributed by atoms with Gasteiger partial charge in [0.1, 0.15) is 6.04 Å². The van der Waals surface area contributed by atoms with Crippen molar-refractivity contribution in [3.63, 3.8) is 0 Å². The molecule has 7 heteroatoms. The van der Waals surface area contributed by atoms with Gasteiger partial charge in [-0.2, -0.15) is 5.10 Å². The average Bonchev–Trinajstić information content (AvgIpc) is 2.97. The van der Waals surface area contributed by atoms with E-state index in [1.807, 2.05) is 30.3 Å². The van der Waals surface area contributed by atoms with Crippen LogP contribution in [0.1, 0.15) is 24.3 Å². The smallest absolute Gasteiger partial charge is 0.326 e. The first-order valence-electron chi connectivity index (χ1n) is 7.16. The zero-order valence-corrected chi connectivity index (χ0v) is 13.2. The first kappa shape index (κ1) is 16.5. The quantitative estimate of drug-likeness (QED) is 0.846. The van der Waals surface area contributed by atoms with Crippen LogP contribution in [0.4, 0.5) is 0 Å². The highest BCUT2D eigenvalue weighted by Crippen LogP contribution is 2.19. The van der Waals surface area contributed by atoms with Crippen molar-refractivity contribution in [2.24, 2.45) is 5.92 Å². The molecule has 7 nitrogen and oxygen atoms in total. The number of hydrogen-bond donors (Lipinski definition) is 2. The number of carbonyl (C=O) groups excluding carboxylic acids is 1. The molecule has 1 amide bonds. The number of amides is 1. The zero-order chi connectivity index (χ0) is 17.0. The fourth-order valence-electron chi connectivity index (χ4n) is 2.10. The molecule has 1 atom stereocenters. The molecule has 1 heterocycles. The second-order valence-electron chi connectivity index (χ2n) is 5.36. The SMILES string of the molecule is COc1cn(-c2ccccc2)nc1C(=O)N[C@H](C(=O)O)C(C)C. The van der Waals surface area contributed by atoms with Gasteiger partial charge in [0.05, 0.1) is 19.0 Å². The Kier molecular flexibility index (Phi) is 5.00. The van der Waals surface area contributed by atoms with Gasteiger partial charge in [0, 0.05) is 0 Å². The molecule has 0 fully saturated rings. The molecule has 0 aliphatic heterocycles. The number of nitrogens with one attached hydrogen (secondary N) is 1. The van der Waals surface area contributed by atoms with E-state index in [0.29, 0.717) is 0 Å². The van der Waals surface area contributed by atoms with Crippen LogP contribution < -0.4 is 10.1 Å². The zero-order valence-electron chi connectivity index (χ0n) is 13.2. The molecule has 122 valence electrons. The molecule has 0 saturated carbocycles. The third-order valence-corrected chi connectivity index (χ3v) is 3.36. The standard InChI is InChI=1S/C16H19N3O4/c1-10(2)13(16(21)22)17-15(20)14-12(23-3)9-19(18-14)11-7-5-4-6-8-11/h4-10,13H,1-3H3,(H,17,20)(H,21,22)/t13-/m0/s1. The molecule has 0 spiro atoms. The summed E-state index contributed by atoms with van der Waals surface area (Å²) in [5.41, 5.74) is 0.812. The summed E-state index contributed by atoms with van der Waals surface area (Å²) >= 11 is 0. The third-order valence-electron chi connectivity index (χ3n) is 3.36. The van der Waals surface area contributed by atoms with Crippen molar-refractivity contribution >= 4 is 11.9 Å². The number of aromatic nitrogens is 2. The highest BCUT2D eigenvalue weighted by Gasteiger charge is 2.27. The number of carboxylic acid groups (broad SMARTS) is 1. The van der Waals surface area contributed by atoms with E-state index >= 15 is 0 Å². The lowest BCUT2D eigenvalue weighted by Crippen LogP contribution is -2.44. The van der Waals surface area contributed by atoms with E-state index in [1.165, 1.54) is 11.8 Å². The molecule has 1 aromatic carbocycles. The largest absolute Gasteiger partial charge is 0.493 e. The van der Waals surface area contributed by atoms with E-state index in [2.05, 4.69) is 10.4 Å². The number of methoxy groups -OCH3 is 1. The normalized spacial score (nSPS) is 12.0. The van der Waals surface area contributed by atoms with Crippen LogP contribution in [0.3, 0.4) is 0 Å². The Morgan fingerprint density at radius 1 is 1.26 bits per heavy atom. The maximum Gasteiger partial charge on any atom is 0.326 e. The minimum atomic E-state index is -1.09. The fraction of sp³-hybridized carbons (Fsp3) is 0.312. The summed E-state index contributed by atoms with van der Waals surface area (Å²) in [6.07, 6.45) is 1.58. The third kappa shape index (κ3) is 3.68. The molecule has 0 radical (unpaired) electrons. The number of para-hydroxylation sites is 1. The van der Waals surface area contributed by atoms with Crippen molar-refractivity contribution in [1.82, 2.24) is 15.1 Å². The lowest BCUT2D eigenvalue weighted by Gasteiger charge is -2.17. The number of hydrogen-bond acceptors (Lipinski definition) is 4. The van der Waals surface area contributed by atoms with Crippen molar-refractivity contribution in [3.8, 4) is 11.4 Å². The Labute approximate surface area is 133 Å². The van der Waals surface area contributed by atoms with Gasteiger partial charge in [0.25, 0.3) is 5.91 Å². The number of nitrogens with zero attached hydrogens (tertiary/aromatic N) is 2. The van der Waals surface area contributed by atoms with E-state index in [9.17, 15) is 14.7 Å². The van der Waals surface area contributed by atoms with Crippen LogP contribution in [0.15, 0.2) is 36.5 Å². The van der Waals surface area contributed by atoms with Gasteiger partial charge in [0.15, 0.2) is 11.4 Å². The Balaban J connectivity index is 2.30. The van der Waals surface area contributed by atoms with Crippen molar-refractivity contribution in [2.45, 2.75) is 19.9 Å². The predicted molar refractivity (Wildman–Crippen MR) is 83.8 cm³/mol. The van der Waals surface area contributed by atoms with Crippen molar-refractivity contribution in [2.75, 3.05) is 7.11 Å². The predicted octanol–water partition coefficient (Wildman–Crippen LogP) is 1.72. The molecule has 1 aromatic heterocycles.